The Bertz CT molecular complexity index is 1180. The number of carbonyl (C=O) groups is 4. The number of esters is 4. The van der Waals surface area contributed by atoms with Crippen LogP contribution in [0.4, 0.5) is 0 Å². The van der Waals surface area contributed by atoms with Crippen LogP contribution in [0.25, 0.3) is 12.2 Å². The Morgan fingerprint density at radius 1 is 0.650 bits per heavy atom. The molecule has 0 aliphatic heterocycles. The third kappa shape index (κ3) is 8.86. The molecule has 0 saturated heterocycles. The van der Waals surface area contributed by atoms with Gasteiger partial charge in [-0.25, -0.2) is 9.59 Å². The number of hydrogen-bond donors (Lipinski definition) is 2. The van der Waals surface area contributed by atoms with Crippen molar-refractivity contribution in [1.29, 1.82) is 0 Å². The topological polar surface area (TPSA) is 137 Å². The highest BCUT2D eigenvalue weighted by Gasteiger charge is 2.26. The van der Waals surface area contributed by atoms with Crippen molar-refractivity contribution in [2.45, 2.75) is 92.3 Å². The van der Waals surface area contributed by atoms with Gasteiger partial charge in [-0.1, -0.05) is 0 Å². The Kier molecular flexibility index (Phi) is 10.5. The summed E-state index contributed by atoms with van der Waals surface area (Å²) in [5.41, 5.74) is 3.26. The van der Waals surface area contributed by atoms with Crippen LogP contribution in [-0.2, 0) is 41.4 Å². The molecule has 0 unspecified atom stereocenters. The molecule has 10 nitrogen and oxygen atoms in total. The van der Waals surface area contributed by atoms with E-state index in [0.717, 1.165) is 11.1 Å². The number of carbonyl (C=O) groups excluding carboxylic acids is 4. The summed E-state index contributed by atoms with van der Waals surface area (Å²) in [4.78, 5) is 55.9. The van der Waals surface area contributed by atoms with E-state index in [1.54, 1.807) is 67.5 Å². The van der Waals surface area contributed by atoms with Crippen molar-refractivity contribution in [1.82, 2.24) is 9.97 Å². The first-order valence-corrected chi connectivity index (χ1v) is 13.2. The molecule has 0 aliphatic carbocycles. The summed E-state index contributed by atoms with van der Waals surface area (Å²) in [6.07, 6.45) is 4.44. The van der Waals surface area contributed by atoms with E-state index in [2.05, 4.69) is 9.97 Å². The fourth-order valence-electron chi connectivity index (χ4n) is 4.13. The quantitative estimate of drug-likeness (QED) is 0.298. The van der Waals surface area contributed by atoms with Crippen molar-refractivity contribution < 1.29 is 38.1 Å². The van der Waals surface area contributed by atoms with Crippen LogP contribution < -0.4 is 0 Å². The van der Waals surface area contributed by atoms with Gasteiger partial charge in [0.1, 0.15) is 22.6 Å². The number of hydrogen-bond acceptors (Lipinski definition) is 8. The molecule has 0 aliphatic rings. The molecule has 2 aromatic rings. The van der Waals surface area contributed by atoms with E-state index < -0.39 is 23.1 Å². The molecule has 0 radical (unpaired) electrons. The Hall–Kier alpha value is -3.82. The van der Waals surface area contributed by atoms with Crippen LogP contribution in [0.3, 0.4) is 0 Å². The maximum Gasteiger partial charge on any atom is 0.355 e. The third-order valence-electron chi connectivity index (χ3n) is 6.06. The fraction of sp³-hybridized carbons (Fsp3) is 0.533. The van der Waals surface area contributed by atoms with Gasteiger partial charge >= 0.3 is 23.9 Å². The van der Waals surface area contributed by atoms with Crippen LogP contribution in [0.2, 0.25) is 0 Å². The van der Waals surface area contributed by atoms with E-state index in [1.165, 1.54) is 14.2 Å². The first-order valence-electron chi connectivity index (χ1n) is 13.2. The maximum atomic E-state index is 12.9. The van der Waals surface area contributed by atoms with Gasteiger partial charge in [-0.3, -0.25) is 9.59 Å². The predicted molar refractivity (Wildman–Crippen MR) is 151 cm³/mol. The molecule has 0 atom stereocenters. The van der Waals surface area contributed by atoms with Gasteiger partial charge in [0.15, 0.2) is 0 Å². The lowest BCUT2D eigenvalue weighted by atomic mass is 10.0. The first kappa shape index (κ1) is 32.4. The molecule has 0 saturated carbocycles. The number of H-pyrrole nitrogens is 2. The van der Waals surface area contributed by atoms with Crippen LogP contribution in [0.5, 0.6) is 0 Å². The molecule has 0 amide bonds. The number of aromatic amines is 2. The molecule has 220 valence electrons. The van der Waals surface area contributed by atoms with Gasteiger partial charge in [0, 0.05) is 24.2 Å². The molecule has 2 heterocycles. The Labute approximate surface area is 235 Å². The first-order chi connectivity index (χ1) is 18.5. The van der Waals surface area contributed by atoms with Gasteiger partial charge < -0.3 is 28.9 Å². The summed E-state index contributed by atoms with van der Waals surface area (Å²) in [5, 5.41) is 0. The van der Waals surface area contributed by atoms with Crippen molar-refractivity contribution in [3.05, 3.63) is 45.0 Å². The van der Waals surface area contributed by atoms with E-state index in [4.69, 9.17) is 18.9 Å². The van der Waals surface area contributed by atoms with Crippen LogP contribution >= 0.6 is 0 Å². The van der Waals surface area contributed by atoms with E-state index in [9.17, 15) is 19.2 Å². The second-order valence-electron chi connectivity index (χ2n) is 11.5. The molecule has 0 fully saturated rings. The molecule has 0 spiro atoms. The van der Waals surface area contributed by atoms with E-state index >= 15 is 0 Å². The van der Waals surface area contributed by atoms with Gasteiger partial charge in [-0.05, 0) is 103 Å². The number of ether oxygens (including phenoxy) is 4. The number of rotatable bonds is 10. The predicted octanol–water partition coefficient (Wildman–Crippen LogP) is 5.25. The average Bonchev–Trinajstić information content (AvgIpc) is 3.33. The maximum absolute atomic E-state index is 12.9. The van der Waals surface area contributed by atoms with Crippen molar-refractivity contribution in [3.63, 3.8) is 0 Å². The monoisotopic (exact) mass is 558 g/mol. The zero-order valence-electron chi connectivity index (χ0n) is 25.2. The SMILES string of the molecule is COC(=O)CCc1c(/C=C/c2[nH]c(C(=O)OC(C)(C)C)c(C)c2CCC(=O)OC)[nH]c(C(=O)OC(C)(C)C)c1C. The average molecular weight is 559 g/mol. The summed E-state index contributed by atoms with van der Waals surface area (Å²) in [7, 11) is 2.65. The second kappa shape index (κ2) is 13.0. The highest BCUT2D eigenvalue weighted by Crippen LogP contribution is 2.27. The molecule has 2 rings (SSSR count). The van der Waals surface area contributed by atoms with Crippen LogP contribution in [0.15, 0.2) is 0 Å². The van der Waals surface area contributed by atoms with Gasteiger partial charge in [-0.15, -0.1) is 0 Å². The largest absolute Gasteiger partial charge is 0.469 e. The van der Waals surface area contributed by atoms with Crippen molar-refractivity contribution in [2.24, 2.45) is 0 Å². The van der Waals surface area contributed by atoms with E-state index in [1.807, 2.05) is 0 Å². The molecule has 2 aromatic heterocycles. The van der Waals surface area contributed by atoms with Gasteiger partial charge in [0.05, 0.1) is 14.2 Å². The molecule has 0 bridgehead atoms. The highest BCUT2D eigenvalue weighted by molar-refractivity contribution is 5.92. The summed E-state index contributed by atoms with van der Waals surface area (Å²) >= 11 is 0. The molecular weight excluding hydrogens is 516 g/mol. The van der Waals surface area contributed by atoms with Gasteiger partial charge in [0.25, 0.3) is 0 Å². The lowest BCUT2D eigenvalue weighted by Gasteiger charge is -2.19. The lowest BCUT2D eigenvalue weighted by Crippen LogP contribution is -2.24. The highest BCUT2D eigenvalue weighted by atomic mass is 16.6. The third-order valence-corrected chi connectivity index (χ3v) is 6.06. The second-order valence-corrected chi connectivity index (χ2v) is 11.5. The minimum atomic E-state index is -0.689. The Morgan fingerprint density at radius 2 is 0.975 bits per heavy atom. The van der Waals surface area contributed by atoms with Crippen LogP contribution in [0, 0.1) is 13.8 Å². The molecule has 0 aromatic carbocycles. The van der Waals surface area contributed by atoms with Crippen molar-refractivity contribution >= 4 is 36.0 Å². The Balaban J connectivity index is 2.58. The number of methoxy groups -OCH3 is 2. The number of aromatic nitrogens is 2. The number of nitrogens with one attached hydrogen (secondary N) is 2. The minimum Gasteiger partial charge on any atom is -0.469 e. The normalized spacial score (nSPS) is 11.9. The van der Waals surface area contributed by atoms with Crippen LogP contribution in [-0.4, -0.2) is 59.3 Å². The van der Waals surface area contributed by atoms with Crippen LogP contribution in [0.1, 0.15) is 109 Å². The smallest absolute Gasteiger partial charge is 0.355 e. The fourth-order valence-corrected chi connectivity index (χ4v) is 4.13. The summed E-state index contributed by atoms with van der Waals surface area (Å²) < 4.78 is 20.7. The van der Waals surface area contributed by atoms with E-state index in [0.29, 0.717) is 35.4 Å². The minimum absolute atomic E-state index is 0.124. The summed E-state index contributed by atoms with van der Waals surface area (Å²) in [6.45, 7) is 14.3. The van der Waals surface area contributed by atoms with Gasteiger partial charge in [0.2, 0.25) is 0 Å². The van der Waals surface area contributed by atoms with Crippen molar-refractivity contribution in [3.8, 4) is 0 Å². The zero-order valence-corrected chi connectivity index (χ0v) is 25.2. The van der Waals surface area contributed by atoms with Crippen molar-refractivity contribution in [2.75, 3.05) is 14.2 Å². The summed E-state index contributed by atoms with van der Waals surface area (Å²) in [5.74, 6) is -1.76. The Morgan fingerprint density at radius 3 is 1.25 bits per heavy atom. The zero-order chi connectivity index (χ0) is 30.4. The van der Waals surface area contributed by atoms with Gasteiger partial charge in [-0.2, -0.15) is 0 Å². The standard InChI is InChI=1S/C30H42N2O8/c1-17-19(11-15-23(33)37-9)21(31-25(17)27(35)39-29(3,4)5)13-14-22-20(12-16-24(34)38-10)18(2)26(32-22)28(36)40-30(6,7)8/h13-14,31-32H,11-12,15-16H2,1-10H3/b14-13+. The molecule has 40 heavy (non-hydrogen) atoms. The molecule has 10 heteroatoms. The summed E-state index contributed by atoms with van der Waals surface area (Å²) in [6, 6.07) is 0. The molecule has 2 N–H and O–H groups in total. The molecular formula is C30H42N2O8. The lowest BCUT2D eigenvalue weighted by molar-refractivity contribution is -0.141. The van der Waals surface area contributed by atoms with E-state index in [-0.39, 0.29) is 36.2 Å².